The minimum Gasteiger partial charge on any atom is -0.486 e. The number of hydrogen-bond donors (Lipinski definition) is 0. The second-order valence-corrected chi connectivity index (χ2v) is 10.1. The van der Waals surface area contributed by atoms with Crippen molar-refractivity contribution in [3.05, 3.63) is 92.4 Å². The summed E-state index contributed by atoms with van der Waals surface area (Å²) in [5.74, 6) is 0.967. The zero-order chi connectivity index (χ0) is 26.4. The molecule has 0 radical (unpaired) electrons. The Labute approximate surface area is 228 Å². The number of nitrogens with zero attached hydrogens (tertiary/aromatic N) is 1. The van der Waals surface area contributed by atoms with Crippen LogP contribution in [0.4, 0.5) is 4.39 Å². The number of aromatic nitrogens is 1. The van der Waals surface area contributed by atoms with Crippen LogP contribution in [0.25, 0.3) is 11.3 Å². The Bertz CT molecular complexity index is 1540. The smallest absolute Gasteiger partial charge is 0.337 e. The summed E-state index contributed by atoms with van der Waals surface area (Å²) in [7, 11) is 1.32. The van der Waals surface area contributed by atoms with Crippen LogP contribution in [-0.4, -0.2) is 18.2 Å². The van der Waals surface area contributed by atoms with E-state index in [2.05, 4.69) is 5.16 Å². The number of aryl methyl sites for hydroxylation is 1. The van der Waals surface area contributed by atoms with Crippen molar-refractivity contribution in [3.8, 4) is 28.5 Å². The van der Waals surface area contributed by atoms with E-state index in [1.165, 1.54) is 13.2 Å². The quantitative estimate of drug-likeness (QED) is 0.226. The first-order valence-corrected chi connectivity index (χ1v) is 13.0. The Morgan fingerprint density at radius 2 is 1.87 bits per heavy atom. The lowest BCUT2D eigenvalue weighted by atomic mass is 10.0. The molecule has 0 N–H and O–H groups in total. The van der Waals surface area contributed by atoms with Gasteiger partial charge in [-0.1, -0.05) is 40.5 Å². The van der Waals surface area contributed by atoms with Gasteiger partial charge >= 0.3 is 5.97 Å². The van der Waals surface area contributed by atoms with Crippen molar-refractivity contribution < 1.29 is 27.9 Å². The molecule has 194 valence electrons. The molecule has 4 aromatic rings. The Kier molecular flexibility index (Phi) is 6.50. The van der Waals surface area contributed by atoms with Crippen LogP contribution in [0.5, 0.6) is 17.2 Å². The van der Waals surface area contributed by atoms with E-state index in [1.807, 2.05) is 0 Å². The highest BCUT2D eigenvalue weighted by Crippen LogP contribution is 2.46. The average molecular weight is 554 g/mol. The van der Waals surface area contributed by atoms with Crippen molar-refractivity contribution in [1.29, 1.82) is 0 Å². The first-order valence-electron chi connectivity index (χ1n) is 12.2. The lowest BCUT2D eigenvalue weighted by Gasteiger charge is -2.14. The van der Waals surface area contributed by atoms with Crippen molar-refractivity contribution in [3.63, 3.8) is 0 Å². The third kappa shape index (κ3) is 4.50. The van der Waals surface area contributed by atoms with Crippen LogP contribution in [0.15, 0.2) is 53.1 Å². The molecular weight excluding hydrogens is 532 g/mol. The summed E-state index contributed by atoms with van der Waals surface area (Å²) in [6, 6.07) is 13.5. The number of halogens is 3. The van der Waals surface area contributed by atoms with Crippen molar-refractivity contribution in [2.45, 2.75) is 38.2 Å². The number of hydrogen-bond acceptors (Lipinski definition) is 6. The standard InChI is InChI=1S/C29H22Cl2FNO5/c1-35-29(34)17-8-5-15-9-10-18-22(37-24(15)13-17)11-12-23(26(18)32)36-14-19-27(33-38-28(19)16-6-7-16)25-20(30)3-2-4-21(25)31/h2-5,8,11-13,16H,6-7,9-10,14H2,1H3. The van der Waals surface area contributed by atoms with Crippen LogP contribution >= 0.6 is 23.2 Å². The fourth-order valence-corrected chi connectivity index (χ4v) is 5.28. The molecule has 3 aromatic carbocycles. The largest absolute Gasteiger partial charge is 0.486 e. The molecule has 0 saturated heterocycles. The van der Waals surface area contributed by atoms with Crippen molar-refractivity contribution in [1.82, 2.24) is 5.16 Å². The van der Waals surface area contributed by atoms with E-state index in [1.54, 1.807) is 42.5 Å². The molecule has 0 atom stereocenters. The average Bonchev–Trinajstić information content (AvgIpc) is 3.70. The van der Waals surface area contributed by atoms with Crippen molar-refractivity contribution >= 4 is 29.2 Å². The second-order valence-electron chi connectivity index (χ2n) is 9.30. The van der Waals surface area contributed by atoms with Gasteiger partial charge < -0.3 is 18.7 Å². The number of fused-ring (bicyclic) bond motifs is 2. The Balaban J connectivity index is 1.29. The number of rotatable bonds is 6. The highest BCUT2D eigenvalue weighted by molar-refractivity contribution is 6.39. The molecule has 1 saturated carbocycles. The SMILES string of the molecule is COC(=O)c1ccc2c(c1)Oc1ccc(OCc3c(-c4c(Cl)cccc4Cl)noc3C3CC3)c(F)c1CC2. The van der Waals surface area contributed by atoms with Gasteiger partial charge in [0, 0.05) is 17.0 Å². The van der Waals surface area contributed by atoms with Crippen molar-refractivity contribution in [2.24, 2.45) is 0 Å². The number of carbonyl (C=O) groups is 1. The van der Waals surface area contributed by atoms with E-state index in [9.17, 15) is 4.79 Å². The van der Waals surface area contributed by atoms with Gasteiger partial charge in [-0.15, -0.1) is 0 Å². The minimum atomic E-state index is -0.495. The van der Waals surface area contributed by atoms with Crippen molar-refractivity contribution in [2.75, 3.05) is 7.11 Å². The van der Waals surface area contributed by atoms with E-state index < -0.39 is 11.8 Å². The second kappa shape index (κ2) is 9.97. The van der Waals surface area contributed by atoms with Crippen LogP contribution < -0.4 is 9.47 Å². The summed E-state index contributed by atoms with van der Waals surface area (Å²) in [6.07, 6.45) is 2.92. The summed E-state index contributed by atoms with van der Waals surface area (Å²) >= 11 is 12.9. The monoisotopic (exact) mass is 553 g/mol. The Morgan fingerprint density at radius 1 is 1.08 bits per heavy atom. The van der Waals surface area contributed by atoms with Gasteiger partial charge in [-0.3, -0.25) is 0 Å². The topological polar surface area (TPSA) is 70.8 Å². The first kappa shape index (κ1) is 24.8. The normalized spacial score (nSPS) is 14.2. The van der Waals surface area contributed by atoms with E-state index in [-0.39, 0.29) is 18.3 Å². The maximum atomic E-state index is 15.7. The minimum absolute atomic E-state index is 0.0332. The summed E-state index contributed by atoms with van der Waals surface area (Å²) < 4.78 is 38.2. The predicted molar refractivity (Wildman–Crippen MR) is 140 cm³/mol. The third-order valence-electron chi connectivity index (χ3n) is 6.86. The molecule has 1 aromatic heterocycles. The van der Waals surface area contributed by atoms with Gasteiger partial charge in [-0.05, 0) is 67.6 Å². The van der Waals surface area contributed by atoms with Crippen LogP contribution in [0.2, 0.25) is 10.0 Å². The van der Waals surface area contributed by atoms with Gasteiger partial charge in [-0.2, -0.15) is 0 Å². The highest BCUT2D eigenvalue weighted by Gasteiger charge is 2.34. The van der Waals surface area contributed by atoms with Gasteiger partial charge in [-0.25, -0.2) is 9.18 Å². The number of methoxy groups -OCH3 is 1. The molecular formula is C29H22Cl2FNO5. The Morgan fingerprint density at radius 3 is 2.61 bits per heavy atom. The molecule has 38 heavy (non-hydrogen) atoms. The van der Waals surface area contributed by atoms with E-state index in [0.29, 0.717) is 68.1 Å². The predicted octanol–water partition coefficient (Wildman–Crippen LogP) is 7.92. The maximum absolute atomic E-state index is 15.7. The van der Waals surface area contributed by atoms with Crippen LogP contribution in [0, 0.1) is 5.82 Å². The highest BCUT2D eigenvalue weighted by atomic mass is 35.5. The molecule has 1 aliphatic carbocycles. The lowest BCUT2D eigenvalue weighted by Crippen LogP contribution is -2.03. The fraction of sp³-hybridized carbons (Fsp3) is 0.241. The zero-order valence-corrected chi connectivity index (χ0v) is 21.9. The summed E-state index contributed by atoms with van der Waals surface area (Å²) in [6.45, 7) is 0.0332. The molecule has 0 spiro atoms. The molecule has 1 aliphatic heterocycles. The van der Waals surface area contributed by atoms with Gasteiger partial charge in [0.15, 0.2) is 11.6 Å². The molecule has 9 heteroatoms. The molecule has 2 heterocycles. The summed E-state index contributed by atoms with van der Waals surface area (Å²) in [5, 5.41) is 5.15. The fourth-order valence-electron chi connectivity index (χ4n) is 4.70. The van der Waals surface area contributed by atoms with Gasteiger partial charge in [0.1, 0.15) is 29.6 Å². The third-order valence-corrected chi connectivity index (χ3v) is 7.49. The summed E-state index contributed by atoms with van der Waals surface area (Å²) in [5.41, 5.74) is 3.40. The summed E-state index contributed by atoms with van der Waals surface area (Å²) in [4.78, 5) is 11.9. The van der Waals surface area contributed by atoms with Crippen LogP contribution in [0.3, 0.4) is 0 Å². The number of benzene rings is 3. The zero-order valence-electron chi connectivity index (χ0n) is 20.4. The number of ether oxygens (including phenoxy) is 3. The lowest BCUT2D eigenvalue weighted by molar-refractivity contribution is 0.0600. The van der Waals surface area contributed by atoms with E-state index in [0.717, 1.165) is 18.4 Å². The molecule has 0 bridgehead atoms. The van der Waals surface area contributed by atoms with Crippen LogP contribution in [0.1, 0.15) is 51.6 Å². The van der Waals surface area contributed by atoms with Gasteiger partial charge in [0.05, 0.1) is 28.3 Å². The Hall–Kier alpha value is -3.55. The van der Waals surface area contributed by atoms with Crippen LogP contribution in [-0.2, 0) is 24.2 Å². The molecule has 1 fully saturated rings. The molecule has 2 aliphatic rings. The maximum Gasteiger partial charge on any atom is 0.337 e. The van der Waals surface area contributed by atoms with Gasteiger partial charge in [0.2, 0.25) is 0 Å². The van der Waals surface area contributed by atoms with E-state index in [4.69, 9.17) is 41.9 Å². The molecule has 0 amide bonds. The van der Waals surface area contributed by atoms with Gasteiger partial charge in [0.25, 0.3) is 0 Å². The van der Waals surface area contributed by atoms with E-state index >= 15 is 4.39 Å². The molecule has 6 nitrogen and oxygen atoms in total. The number of esters is 1. The first-order chi connectivity index (χ1) is 18.4. The molecule has 0 unspecified atom stereocenters. The molecule has 6 rings (SSSR count). The number of carbonyl (C=O) groups excluding carboxylic acids is 1.